The van der Waals surface area contributed by atoms with Gasteiger partial charge in [0.25, 0.3) is 0 Å². The van der Waals surface area contributed by atoms with E-state index in [0.717, 1.165) is 6.42 Å². The van der Waals surface area contributed by atoms with Gasteiger partial charge in [-0.25, -0.2) is 0 Å². The van der Waals surface area contributed by atoms with Gasteiger partial charge < -0.3 is 4.90 Å². The average Bonchev–Trinajstić information content (AvgIpc) is 2.14. The lowest BCUT2D eigenvalue weighted by Crippen LogP contribution is -2.47. The summed E-state index contributed by atoms with van der Waals surface area (Å²) in [4.78, 5) is 2.52. The Hall–Kier alpha value is -0.980. The van der Waals surface area contributed by atoms with E-state index in [9.17, 15) is 0 Å². The molecule has 1 saturated heterocycles. The van der Waals surface area contributed by atoms with Crippen LogP contribution in [0.25, 0.3) is 0 Å². The number of hydrogen-bond donors (Lipinski definition) is 0. The zero-order valence-electron chi connectivity index (χ0n) is 10.4. The van der Waals surface area contributed by atoms with Crippen LogP contribution in [0.2, 0.25) is 0 Å². The van der Waals surface area contributed by atoms with E-state index in [1.165, 1.54) is 35.4 Å². The smallest absolute Gasteiger partial charge is 0.0534 e. The van der Waals surface area contributed by atoms with Crippen LogP contribution in [-0.4, -0.2) is 17.0 Å². The summed E-state index contributed by atoms with van der Waals surface area (Å²) in [6, 6.07) is 0. The van der Waals surface area contributed by atoms with Crippen LogP contribution >= 0.6 is 0 Å². The van der Waals surface area contributed by atoms with Crippen molar-refractivity contribution < 1.29 is 0 Å². The fraction of sp³-hybridized carbons (Fsp3) is 0.571. The minimum Gasteiger partial charge on any atom is -0.362 e. The van der Waals surface area contributed by atoms with E-state index < -0.39 is 0 Å². The van der Waals surface area contributed by atoms with Gasteiger partial charge in [0, 0.05) is 12.2 Å². The number of allylic oxidation sites excluding steroid dienone is 3. The van der Waals surface area contributed by atoms with Crippen molar-refractivity contribution >= 4 is 0 Å². The molecule has 0 bridgehead atoms. The summed E-state index contributed by atoms with van der Waals surface area (Å²) in [7, 11) is 0. The largest absolute Gasteiger partial charge is 0.362 e. The molecule has 0 aliphatic carbocycles. The van der Waals surface area contributed by atoms with Gasteiger partial charge in [-0.1, -0.05) is 12.7 Å². The molecule has 0 atom stereocenters. The fourth-order valence-electron chi connectivity index (χ4n) is 2.82. The van der Waals surface area contributed by atoms with E-state index in [4.69, 9.17) is 0 Å². The van der Waals surface area contributed by atoms with E-state index in [1.807, 2.05) is 0 Å². The molecule has 15 heavy (non-hydrogen) atoms. The number of fused-ring (bicyclic) bond motifs is 1. The van der Waals surface area contributed by atoms with Crippen molar-refractivity contribution in [3.8, 4) is 0 Å². The molecule has 1 nitrogen and oxygen atoms in total. The highest BCUT2D eigenvalue weighted by Crippen LogP contribution is 2.39. The van der Waals surface area contributed by atoms with Crippen molar-refractivity contribution in [1.29, 1.82) is 0 Å². The molecule has 0 radical (unpaired) electrons. The molecule has 0 N–H and O–H groups in total. The Kier molecular flexibility index (Phi) is 2.29. The number of nitrogens with zero attached hydrogens (tertiary/aromatic N) is 1. The lowest BCUT2D eigenvalue weighted by Gasteiger charge is -2.47. The maximum Gasteiger partial charge on any atom is 0.0534 e. The Morgan fingerprint density at radius 2 is 2.00 bits per heavy atom. The second-order valence-electron chi connectivity index (χ2n) is 5.31. The average molecular weight is 203 g/mol. The van der Waals surface area contributed by atoms with E-state index >= 15 is 0 Å². The van der Waals surface area contributed by atoms with Crippen LogP contribution in [-0.2, 0) is 0 Å². The molecule has 0 saturated carbocycles. The Bertz CT molecular complexity index is 369. The standard InChI is InChI=1S/C14H21N/c1-10-7-6-8-15-13(10)12(3)11(2)9-14(15,4)5/h9H,1,6-8H2,2-5H3. The predicted molar refractivity (Wildman–Crippen MR) is 65.6 cm³/mol. The first-order valence-corrected chi connectivity index (χ1v) is 5.80. The second kappa shape index (κ2) is 3.26. The summed E-state index contributed by atoms with van der Waals surface area (Å²) in [6.07, 6.45) is 4.78. The molecule has 2 aliphatic heterocycles. The molecule has 2 rings (SSSR count). The highest BCUT2D eigenvalue weighted by atomic mass is 15.2. The van der Waals surface area contributed by atoms with Gasteiger partial charge in [-0.3, -0.25) is 0 Å². The summed E-state index contributed by atoms with van der Waals surface area (Å²) < 4.78 is 0. The Labute approximate surface area is 93.2 Å². The predicted octanol–water partition coefficient (Wildman–Crippen LogP) is 3.65. The molecule has 0 aromatic carbocycles. The first-order valence-electron chi connectivity index (χ1n) is 5.80. The van der Waals surface area contributed by atoms with E-state index in [2.05, 4.69) is 45.2 Å². The summed E-state index contributed by atoms with van der Waals surface area (Å²) >= 11 is 0. The van der Waals surface area contributed by atoms with Crippen LogP contribution < -0.4 is 0 Å². The van der Waals surface area contributed by atoms with E-state index in [-0.39, 0.29) is 5.54 Å². The molecule has 0 amide bonds. The van der Waals surface area contributed by atoms with Crippen LogP contribution in [0.1, 0.15) is 40.5 Å². The number of rotatable bonds is 0. The molecule has 0 aromatic heterocycles. The maximum atomic E-state index is 4.22. The minimum atomic E-state index is 0.155. The van der Waals surface area contributed by atoms with Gasteiger partial charge in [0.2, 0.25) is 0 Å². The van der Waals surface area contributed by atoms with Crippen LogP contribution in [0.15, 0.2) is 35.1 Å². The number of piperidine rings is 1. The second-order valence-corrected chi connectivity index (χ2v) is 5.31. The molecule has 1 heteroatoms. The van der Waals surface area contributed by atoms with Gasteiger partial charge in [0.05, 0.1) is 5.54 Å². The first kappa shape index (κ1) is 10.5. The fourth-order valence-corrected chi connectivity index (χ4v) is 2.82. The number of hydrogen-bond acceptors (Lipinski definition) is 1. The third-order valence-electron chi connectivity index (χ3n) is 3.68. The van der Waals surface area contributed by atoms with E-state index in [0.29, 0.717) is 0 Å². The Balaban J connectivity index is 2.53. The van der Waals surface area contributed by atoms with E-state index in [1.54, 1.807) is 0 Å². The quantitative estimate of drug-likeness (QED) is 0.581. The Morgan fingerprint density at radius 1 is 1.33 bits per heavy atom. The molecular weight excluding hydrogens is 182 g/mol. The van der Waals surface area contributed by atoms with Gasteiger partial charge in [-0.2, -0.15) is 0 Å². The molecule has 2 heterocycles. The minimum absolute atomic E-state index is 0.155. The lowest BCUT2D eigenvalue weighted by molar-refractivity contribution is 0.194. The molecule has 82 valence electrons. The van der Waals surface area contributed by atoms with Crippen molar-refractivity contribution in [2.45, 2.75) is 46.1 Å². The molecule has 0 aromatic rings. The maximum absolute atomic E-state index is 4.22. The first-order chi connectivity index (χ1) is 6.93. The molecule has 0 spiro atoms. The lowest BCUT2D eigenvalue weighted by atomic mass is 9.84. The summed E-state index contributed by atoms with van der Waals surface area (Å²) in [5.41, 5.74) is 5.71. The molecular formula is C14H21N. The van der Waals surface area contributed by atoms with Crippen molar-refractivity contribution in [3.05, 3.63) is 35.1 Å². The third-order valence-corrected chi connectivity index (χ3v) is 3.68. The summed E-state index contributed by atoms with van der Waals surface area (Å²) in [5, 5.41) is 0. The van der Waals surface area contributed by atoms with Crippen molar-refractivity contribution in [3.63, 3.8) is 0 Å². The van der Waals surface area contributed by atoms with Gasteiger partial charge in [-0.15, -0.1) is 0 Å². The van der Waals surface area contributed by atoms with Gasteiger partial charge in [0.15, 0.2) is 0 Å². The highest BCUT2D eigenvalue weighted by molar-refractivity contribution is 5.47. The molecule has 2 aliphatic rings. The van der Waals surface area contributed by atoms with Crippen LogP contribution in [0.5, 0.6) is 0 Å². The van der Waals surface area contributed by atoms with Gasteiger partial charge >= 0.3 is 0 Å². The summed E-state index contributed by atoms with van der Waals surface area (Å²) in [6.45, 7) is 14.4. The summed E-state index contributed by atoms with van der Waals surface area (Å²) in [5.74, 6) is 0. The van der Waals surface area contributed by atoms with Crippen molar-refractivity contribution in [2.24, 2.45) is 0 Å². The molecule has 1 fully saturated rings. The third kappa shape index (κ3) is 1.54. The molecule has 0 unspecified atom stereocenters. The SMILES string of the molecule is C=C1CCCN2C1=C(C)C(C)=CC2(C)C. The van der Waals surface area contributed by atoms with Crippen LogP contribution in [0.3, 0.4) is 0 Å². The van der Waals surface area contributed by atoms with Gasteiger partial charge in [-0.05, 0) is 57.3 Å². The van der Waals surface area contributed by atoms with Crippen LogP contribution in [0.4, 0.5) is 0 Å². The zero-order valence-corrected chi connectivity index (χ0v) is 10.4. The normalized spacial score (nSPS) is 25.2. The van der Waals surface area contributed by atoms with Crippen LogP contribution in [0, 0.1) is 0 Å². The van der Waals surface area contributed by atoms with Crippen molar-refractivity contribution in [2.75, 3.05) is 6.54 Å². The zero-order chi connectivity index (χ0) is 11.2. The Morgan fingerprint density at radius 3 is 2.67 bits per heavy atom. The topological polar surface area (TPSA) is 3.24 Å². The monoisotopic (exact) mass is 203 g/mol. The van der Waals surface area contributed by atoms with Gasteiger partial charge in [0.1, 0.15) is 0 Å². The van der Waals surface area contributed by atoms with Crippen molar-refractivity contribution in [1.82, 2.24) is 4.90 Å². The highest BCUT2D eigenvalue weighted by Gasteiger charge is 2.34.